The van der Waals surface area contributed by atoms with Crippen LogP contribution in [-0.4, -0.2) is 44.2 Å². The molecule has 23 heavy (non-hydrogen) atoms. The molecule has 0 spiro atoms. The van der Waals surface area contributed by atoms with Crippen molar-refractivity contribution in [1.82, 2.24) is 24.5 Å². The average molecular weight is 310 g/mol. The summed E-state index contributed by atoms with van der Waals surface area (Å²) in [7, 11) is 2.00. The van der Waals surface area contributed by atoms with Gasteiger partial charge in [0.05, 0.1) is 18.2 Å². The van der Waals surface area contributed by atoms with E-state index in [4.69, 9.17) is 4.74 Å². The van der Waals surface area contributed by atoms with Gasteiger partial charge in [-0.2, -0.15) is 0 Å². The highest BCUT2D eigenvalue weighted by atomic mass is 16.5. The molecule has 1 fully saturated rings. The second-order valence-electron chi connectivity index (χ2n) is 5.82. The van der Waals surface area contributed by atoms with Gasteiger partial charge in [-0.25, -0.2) is 15.0 Å². The van der Waals surface area contributed by atoms with Crippen LogP contribution in [0.3, 0.4) is 0 Å². The predicted octanol–water partition coefficient (Wildman–Crippen LogP) is 1.66. The van der Waals surface area contributed by atoms with E-state index in [0.29, 0.717) is 18.4 Å². The Morgan fingerprint density at radius 2 is 2.22 bits per heavy atom. The number of anilines is 1. The van der Waals surface area contributed by atoms with Crippen molar-refractivity contribution in [2.24, 2.45) is 13.0 Å². The highest BCUT2D eigenvalue weighted by Crippen LogP contribution is 2.28. The number of aryl methyl sites for hydroxylation is 1. The Morgan fingerprint density at radius 3 is 3.09 bits per heavy atom. The van der Waals surface area contributed by atoms with Crippen molar-refractivity contribution < 1.29 is 4.74 Å². The molecule has 1 saturated heterocycles. The van der Waals surface area contributed by atoms with Crippen molar-refractivity contribution in [3.63, 3.8) is 0 Å². The minimum atomic E-state index is 0.464. The van der Waals surface area contributed by atoms with Gasteiger partial charge in [0, 0.05) is 44.6 Å². The van der Waals surface area contributed by atoms with E-state index in [1.807, 2.05) is 17.8 Å². The summed E-state index contributed by atoms with van der Waals surface area (Å²) in [6.07, 6.45) is 9.67. The third-order valence-corrected chi connectivity index (χ3v) is 4.23. The Kier molecular flexibility index (Phi) is 3.53. The van der Waals surface area contributed by atoms with E-state index in [1.54, 1.807) is 24.9 Å². The SMILES string of the molecule is Cn1ccc2c(N3CCC(COc4cnccn4)C3)ncnc21. The van der Waals surface area contributed by atoms with Crippen LogP contribution in [0.15, 0.2) is 37.2 Å². The van der Waals surface area contributed by atoms with Gasteiger partial charge in [0.1, 0.15) is 17.8 Å². The van der Waals surface area contributed by atoms with Gasteiger partial charge in [0.2, 0.25) is 5.88 Å². The second-order valence-corrected chi connectivity index (χ2v) is 5.82. The van der Waals surface area contributed by atoms with Crippen molar-refractivity contribution in [3.05, 3.63) is 37.2 Å². The Balaban J connectivity index is 1.45. The number of hydrogen-bond acceptors (Lipinski definition) is 6. The largest absolute Gasteiger partial charge is 0.476 e. The normalized spacial score (nSPS) is 17.8. The third kappa shape index (κ3) is 2.69. The number of aromatic nitrogens is 5. The van der Waals surface area contributed by atoms with E-state index in [1.165, 1.54) is 0 Å². The maximum atomic E-state index is 5.73. The Morgan fingerprint density at radius 1 is 1.26 bits per heavy atom. The molecular weight excluding hydrogens is 292 g/mol. The van der Waals surface area contributed by atoms with Crippen molar-refractivity contribution >= 4 is 16.9 Å². The summed E-state index contributed by atoms with van der Waals surface area (Å²) in [6.45, 7) is 2.56. The van der Waals surface area contributed by atoms with Crippen LogP contribution in [0.25, 0.3) is 11.0 Å². The quantitative estimate of drug-likeness (QED) is 0.730. The maximum absolute atomic E-state index is 5.73. The first-order valence-corrected chi connectivity index (χ1v) is 7.71. The van der Waals surface area contributed by atoms with Gasteiger partial charge in [-0.15, -0.1) is 0 Å². The lowest BCUT2D eigenvalue weighted by Crippen LogP contribution is -2.23. The minimum absolute atomic E-state index is 0.464. The smallest absolute Gasteiger partial charge is 0.232 e. The van der Waals surface area contributed by atoms with E-state index in [0.717, 1.165) is 36.4 Å². The number of fused-ring (bicyclic) bond motifs is 1. The molecule has 3 aromatic rings. The van der Waals surface area contributed by atoms with Crippen molar-refractivity contribution in [3.8, 4) is 5.88 Å². The summed E-state index contributed by atoms with van der Waals surface area (Å²) in [4.78, 5) is 19.3. The molecule has 0 aromatic carbocycles. The molecule has 4 heterocycles. The minimum Gasteiger partial charge on any atom is -0.476 e. The molecule has 7 nitrogen and oxygen atoms in total. The lowest BCUT2D eigenvalue weighted by Gasteiger charge is -2.18. The summed E-state index contributed by atoms with van der Waals surface area (Å²) in [6, 6.07) is 2.08. The molecule has 1 unspecified atom stereocenters. The molecule has 0 bridgehead atoms. The molecule has 3 aromatic heterocycles. The number of hydrogen-bond donors (Lipinski definition) is 0. The first-order chi connectivity index (χ1) is 11.3. The van der Waals surface area contributed by atoms with Gasteiger partial charge < -0.3 is 14.2 Å². The molecule has 0 aliphatic carbocycles. The van der Waals surface area contributed by atoms with Gasteiger partial charge in [-0.3, -0.25) is 4.98 Å². The van der Waals surface area contributed by atoms with E-state index < -0.39 is 0 Å². The fourth-order valence-corrected chi connectivity index (χ4v) is 3.04. The van der Waals surface area contributed by atoms with Crippen LogP contribution in [0.4, 0.5) is 5.82 Å². The Hall–Kier alpha value is -2.70. The van der Waals surface area contributed by atoms with Crippen LogP contribution >= 0.6 is 0 Å². The molecule has 118 valence electrons. The van der Waals surface area contributed by atoms with Crippen molar-refractivity contribution in [2.75, 3.05) is 24.6 Å². The molecule has 7 heteroatoms. The predicted molar refractivity (Wildman–Crippen MR) is 86.4 cm³/mol. The zero-order chi connectivity index (χ0) is 15.6. The first kappa shape index (κ1) is 13.9. The van der Waals surface area contributed by atoms with Crippen LogP contribution in [0.2, 0.25) is 0 Å². The monoisotopic (exact) mass is 310 g/mol. The van der Waals surface area contributed by atoms with Gasteiger partial charge in [0.15, 0.2) is 0 Å². The van der Waals surface area contributed by atoms with Gasteiger partial charge in [-0.05, 0) is 12.5 Å². The number of nitrogens with zero attached hydrogens (tertiary/aromatic N) is 6. The van der Waals surface area contributed by atoms with Crippen LogP contribution in [0.1, 0.15) is 6.42 Å². The molecule has 1 atom stereocenters. The van der Waals surface area contributed by atoms with Crippen LogP contribution in [0, 0.1) is 5.92 Å². The fraction of sp³-hybridized carbons (Fsp3) is 0.375. The third-order valence-electron chi connectivity index (χ3n) is 4.23. The molecule has 0 saturated carbocycles. The van der Waals surface area contributed by atoms with E-state index >= 15 is 0 Å². The summed E-state index contributed by atoms with van der Waals surface area (Å²) in [5.74, 6) is 2.06. The molecule has 0 radical (unpaired) electrons. The first-order valence-electron chi connectivity index (χ1n) is 7.71. The van der Waals surface area contributed by atoms with Crippen molar-refractivity contribution in [2.45, 2.75) is 6.42 Å². The zero-order valence-electron chi connectivity index (χ0n) is 13.0. The van der Waals surface area contributed by atoms with Gasteiger partial charge in [0.25, 0.3) is 0 Å². The molecule has 0 amide bonds. The average Bonchev–Trinajstić information content (AvgIpc) is 3.21. The Bertz CT molecular complexity index is 803. The van der Waals surface area contributed by atoms with Crippen LogP contribution in [-0.2, 0) is 7.05 Å². The highest BCUT2D eigenvalue weighted by molar-refractivity contribution is 5.87. The number of ether oxygens (including phenoxy) is 1. The fourth-order valence-electron chi connectivity index (χ4n) is 3.04. The lowest BCUT2D eigenvalue weighted by molar-refractivity contribution is 0.251. The second kappa shape index (κ2) is 5.83. The lowest BCUT2D eigenvalue weighted by atomic mass is 10.1. The van der Waals surface area contributed by atoms with Gasteiger partial charge >= 0.3 is 0 Å². The van der Waals surface area contributed by atoms with Crippen molar-refractivity contribution in [1.29, 1.82) is 0 Å². The zero-order valence-corrected chi connectivity index (χ0v) is 13.0. The highest BCUT2D eigenvalue weighted by Gasteiger charge is 2.26. The summed E-state index contributed by atoms with van der Waals surface area (Å²) < 4.78 is 7.75. The van der Waals surface area contributed by atoms with Crippen LogP contribution < -0.4 is 9.64 Å². The molecule has 4 rings (SSSR count). The van der Waals surface area contributed by atoms with Crippen LogP contribution in [0.5, 0.6) is 5.88 Å². The molecular formula is C16H18N6O. The van der Waals surface area contributed by atoms with E-state index in [-0.39, 0.29) is 0 Å². The summed E-state index contributed by atoms with van der Waals surface area (Å²) in [5, 5.41) is 1.10. The maximum Gasteiger partial charge on any atom is 0.232 e. The Labute approximate surface area is 134 Å². The topological polar surface area (TPSA) is 69.0 Å². The molecule has 0 N–H and O–H groups in total. The molecule has 1 aliphatic heterocycles. The van der Waals surface area contributed by atoms with E-state index in [9.17, 15) is 0 Å². The van der Waals surface area contributed by atoms with E-state index in [2.05, 4.69) is 30.9 Å². The summed E-state index contributed by atoms with van der Waals surface area (Å²) in [5.41, 5.74) is 0.967. The molecule has 1 aliphatic rings. The number of rotatable bonds is 4. The van der Waals surface area contributed by atoms with Gasteiger partial charge in [-0.1, -0.05) is 0 Å². The summed E-state index contributed by atoms with van der Waals surface area (Å²) >= 11 is 0. The standard InChI is InChI=1S/C16H18N6O/c1-21-6-3-13-15(21)19-11-20-16(13)22-7-2-12(9-22)10-23-14-8-17-4-5-18-14/h3-6,8,11-12H,2,7,9-10H2,1H3.